The summed E-state index contributed by atoms with van der Waals surface area (Å²) < 4.78 is 7.60. The second-order valence-corrected chi connectivity index (χ2v) is 8.46. The van der Waals surface area contributed by atoms with Crippen LogP contribution < -0.4 is 10.3 Å². The molecule has 0 N–H and O–H groups in total. The van der Waals surface area contributed by atoms with Crippen molar-refractivity contribution in [3.8, 4) is 0 Å². The van der Waals surface area contributed by atoms with Crippen molar-refractivity contribution >= 4 is 54.6 Å². The zero-order valence-electron chi connectivity index (χ0n) is 14.8. The fourth-order valence-corrected chi connectivity index (χ4v) is 4.26. The van der Waals surface area contributed by atoms with Crippen LogP contribution in [0.4, 0.5) is 5.82 Å². The highest BCUT2D eigenvalue weighted by molar-refractivity contribution is 9.10. The summed E-state index contributed by atoms with van der Waals surface area (Å²) in [4.78, 5) is 32.7. The Morgan fingerprint density at radius 2 is 1.69 bits per heavy atom. The molecule has 29 heavy (non-hydrogen) atoms. The van der Waals surface area contributed by atoms with Crippen LogP contribution in [0.25, 0.3) is 11.0 Å². The van der Waals surface area contributed by atoms with E-state index in [1.165, 1.54) is 4.90 Å². The van der Waals surface area contributed by atoms with Crippen molar-refractivity contribution < 1.29 is 9.21 Å². The van der Waals surface area contributed by atoms with Crippen molar-refractivity contribution in [2.45, 2.75) is 6.04 Å². The Balaban J connectivity index is 1.83. The number of nitrogens with zero attached hydrogens (tertiary/aromatic N) is 2. The lowest BCUT2D eigenvalue weighted by atomic mass is 9.98. The minimum Gasteiger partial charge on any atom is -0.450 e. The minimum atomic E-state index is -0.625. The number of rotatable bonds is 2. The average molecular weight is 512 g/mol. The Bertz CT molecular complexity index is 1320. The van der Waals surface area contributed by atoms with Gasteiger partial charge in [0.15, 0.2) is 5.43 Å². The predicted molar refractivity (Wildman–Crippen MR) is 117 cm³/mol. The maximum atomic E-state index is 13.5. The fourth-order valence-electron chi connectivity index (χ4n) is 3.64. The Hall–Kier alpha value is -2.77. The SMILES string of the molecule is O=C1c2oc3ccc(Br)cc3c(=O)c2C(c2ccc(Br)cc2)N1c1ccccn1. The number of amides is 1. The van der Waals surface area contributed by atoms with Gasteiger partial charge < -0.3 is 4.42 Å². The lowest BCUT2D eigenvalue weighted by Gasteiger charge is -2.24. The molecule has 5 rings (SSSR count). The molecule has 2 aromatic heterocycles. The van der Waals surface area contributed by atoms with E-state index in [1.54, 1.807) is 42.6 Å². The van der Waals surface area contributed by atoms with Crippen molar-refractivity contribution in [3.05, 3.63) is 103 Å². The number of halogens is 2. The van der Waals surface area contributed by atoms with Gasteiger partial charge in [-0.15, -0.1) is 0 Å². The summed E-state index contributed by atoms with van der Waals surface area (Å²) >= 11 is 6.84. The number of carbonyl (C=O) groups excluding carboxylic acids is 1. The second-order valence-electron chi connectivity index (χ2n) is 6.63. The molecule has 0 saturated heterocycles. The number of benzene rings is 2. The summed E-state index contributed by atoms with van der Waals surface area (Å²) in [6, 6.07) is 17.4. The molecule has 3 heterocycles. The van der Waals surface area contributed by atoms with Crippen molar-refractivity contribution in [2.24, 2.45) is 0 Å². The van der Waals surface area contributed by atoms with Crippen LogP contribution in [-0.2, 0) is 0 Å². The van der Waals surface area contributed by atoms with E-state index in [4.69, 9.17) is 4.42 Å². The van der Waals surface area contributed by atoms with Crippen LogP contribution in [0.3, 0.4) is 0 Å². The van der Waals surface area contributed by atoms with E-state index in [0.717, 1.165) is 14.5 Å². The molecule has 5 nitrogen and oxygen atoms in total. The fraction of sp³-hybridized carbons (Fsp3) is 0.0455. The first-order chi connectivity index (χ1) is 14.0. The van der Waals surface area contributed by atoms with Crippen molar-refractivity contribution in [1.29, 1.82) is 0 Å². The summed E-state index contributed by atoms with van der Waals surface area (Å²) in [5, 5.41) is 0.427. The highest BCUT2D eigenvalue weighted by atomic mass is 79.9. The van der Waals surface area contributed by atoms with E-state index in [9.17, 15) is 9.59 Å². The molecule has 1 amide bonds. The van der Waals surface area contributed by atoms with Gasteiger partial charge >= 0.3 is 0 Å². The molecule has 0 saturated carbocycles. The topological polar surface area (TPSA) is 63.4 Å². The van der Waals surface area contributed by atoms with Gasteiger partial charge in [-0.05, 0) is 48.0 Å². The molecule has 2 aromatic carbocycles. The van der Waals surface area contributed by atoms with Crippen LogP contribution in [0, 0.1) is 0 Å². The smallest absolute Gasteiger partial charge is 0.296 e. The molecule has 0 aliphatic carbocycles. The van der Waals surface area contributed by atoms with Gasteiger partial charge in [-0.25, -0.2) is 4.98 Å². The first-order valence-corrected chi connectivity index (χ1v) is 10.4. The molecule has 0 radical (unpaired) electrons. The zero-order valence-corrected chi connectivity index (χ0v) is 18.0. The highest BCUT2D eigenvalue weighted by Crippen LogP contribution is 2.40. The van der Waals surface area contributed by atoms with Crippen LogP contribution in [-0.4, -0.2) is 10.9 Å². The van der Waals surface area contributed by atoms with E-state index >= 15 is 0 Å². The molecule has 0 bridgehead atoms. The molecule has 4 aromatic rings. The summed E-state index contributed by atoms with van der Waals surface area (Å²) in [7, 11) is 0. The maximum Gasteiger partial charge on any atom is 0.296 e. The monoisotopic (exact) mass is 510 g/mol. The molecular formula is C22H12Br2N2O3. The van der Waals surface area contributed by atoms with Crippen LogP contribution in [0.1, 0.15) is 27.7 Å². The zero-order chi connectivity index (χ0) is 20.1. The number of carbonyl (C=O) groups is 1. The molecule has 142 valence electrons. The number of pyridine rings is 1. The quantitative estimate of drug-likeness (QED) is 0.358. The third-order valence-electron chi connectivity index (χ3n) is 4.91. The Morgan fingerprint density at radius 3 is 2.41 bits per heavy atom. The van der Waals surface area contributed by atoms with Gasteiger partial charge in [0.1, 0.15) is 11.4 Å². The first kappa shape index (κ1) is 18.3. The third-order valence-corrected chi connectivity index (χ3v) is 5.94. The number of hydrogen-bond acceptors (Lipinski definition) is 4. The molecule has 0 spiro atoms. The van der Waals surface area contributed by atoms with Crippen LogP contribution in [0.2, 0.25) is 0 Å². The molecule has 7 heteroatoms. The second kappa shape index (κ2) is 6.93. The summed E-state index contributed by atoms with van der Waals surface area (Å²) in [6.07, 6.45) is 1.62. The third kappa shape index (κ3) is 2.92. The van der Waals surface area contributed by atoms with Gasteiger partial charge in [0.2, 0.25) is 5.76 Å². The highest BCUT2D eigenvalue weighted by Gasteiger charge is 2.44. The Kier molecular flexibility index (Phi) is 4.37. The number of hydrogen-bond donors (Lipinski definition) is 0. The Labute approximate surface area is 182 Å². The van der Waals surface area contributed by atoms with Gasteiger partial charge in [0.25, 0.3) is 5.91 Å². The molecule has 1 aliphatic heterocycles. The average Bonchev–Trinajstić information content (AvgIpc) is 3.03. The van der Waals surface area contributed by atoms with E-state index < -0.39 is 6.04 Å². The number of fused-ring (bicyclic) bond motifs is 2. The first-order valence-electron chi connectivity index (χ1n) is 8.81. The lowest BCUT2D eigenvalue weighted by Crippen LogP contribution is -2.30. The normalized spacial score (nSPS) is 15.7. The molecule has 1 atom stereocenters. The van der Waals surface area contributed by atoms with Gasteiger partial charge in [-0.3, -0.25) is 14.5 Å². The molecular weight excluding hydrogens is 500 g/mol. The van der Waals surface area contributed by atoms with Crippen molar-refractivity contribution in [2.75, 3.05) is 4.90 Å². The van der Waals surface area contributed by atoms with Gasteiger partial charge in [0, 0.05) is 15.1 Å². The summed E-state index contributed by atoms with van der Waals surface area (Å²) in [6.45, 7) is 0. The van der Waals surface area contributed by atoms with E-state index in [1.807, 2.05) is 24.3 Å². The van der Waals surface area contributed by atoms with Gasteiger partial charge in [-0.1, -0.05) is 50.1 Å². The molecule has 1 unspecified atom stereocenters. The lowest BCUT2D eigenvalue weighted by molar-refractivity contribution is 0.0970. The molecule has 0 fully saturated rings. The van der Waals surface area contributed by atoms with Crippen molar-refractivity contribution in [3.63, 3.8) is 0 Å². The van der Waals surface area contributed by atoms with Gasteiger partial charge in [0.05, 0.1) is 17.0 Å². The standard InChI is InChI=1S/C22H12Br2N2O3/c23-13-6-4-12(5-7-13)19-18-20(27)15-11-14(24)8-9-16(15)29-21(18)22(28)26(19)17-3-1-2-10-25-17/h1-11,19H. The van der Waals surface area contributed by atoms with Crippen LogP contribution in [0.15, 0.2) is 85.0 Å². The van der Waals surface area contributed by atoms with E-state index in [0.29, 0.717) is 22.4 Å². The van der Waals surface area contributed by atoms with Crippen LogP contribution in [0.5, 0.6) is 0 Å². The van der Waals surface area contributed by atoms with Crippen LogP contribution >= 0.6 is 31.9 Å². The largest absolute Gasteiger partial charge is 0.450 e. The van der Waals surface area contributed by atoms with E-state index in [-0.39, 0.29) is 17.1 Å². The minimum absolute atomic E-state index is 0.0587. The number of anilines is 1. The summed E-state index contributed by atoms with van der Waals surface area (Å²) in [5.74, 6) is 0.137. The van der Waals surface area contributed by atoms with Gasteiger partial charge in [-0.2, -0.15) is 0 Å². The predicted octanol–water partition coefficient (Wildman–Crippen LogP) is 5.46. The number of aromatic nitrogens is 1. The Morgan fingerprint density at radius 1 is 0.931 bits per heavy atom. The summed E-state index contributed by atoms with van der Waals surface area (Å²) in [5.41, 5.74) is 1.28. The van der Waals surface area contributed by atoms with Crippen molar-refractivity contribution in [1.82, 2.24) is 4.98 Å². The van der Waals surface area contributed by atoms with E-state index in [2.05, 4.69) is 36.8 Å². The molecule has 1 aliphatic rings. The maximum absolute atomic E-state index is 13.5.